The number of hydrogen-bond acceptors (Lipinski definition) is 10. The number of amides is 2. The summed E-state index contributed by atoms with van der Waals surface area (Å²) in [6.45, 7) is 1.35. The normalized spacial score (nSPS) is 11.7. The van der Waals surface area contributed by atoms with Crippen LogP contribution in [0.15, 0.2) is 48.5 Å². The fourth-order valence-electron chi connectivity index (χ4n) is 3.19. The molecule has 0 spiro atoms. The molecule has 11 nitrogen and oxygen atoms in total. The number of carbonyl (C=O) groups is 3. The largest absolute Gasteiger partial charge is 0.484 e. The molecule has 0 saturated heterocycles. The van der Waals surface area contributed by atoms with Crippen LogP contribution in [0, 0.1) is 5.82 Å². The van der Waals surface area contributed by atoms with Gasteiger partial charge in [-0.1, -0.05) is 11.3 Å². The van der Waals surface area contributed by atoms with Crippen LogP contribution in [-0.2, 0) is 9.59 Å². The molecule has 2 aromatic carbocycles. The van der Waals surface area contributed by atoms with E-state index in [1.165, 1.54) is 53.4 Å². The van der Waals surface area contributed by atoms with Crippen molar-refractivity contribution in [3.05, 3.63) is 64.8 Å². The molecule has 3 aromatic rings. The van der Waals surface area contributed by atoms with E-state index in [0.717, 1.165) is 11.3 Å². The van der Waals surface area contributed by atoms with Gasteiger partial charge in [-0.15, -0.1) is 0 Å². The van der Waals surface area contributed by atoms with E-state index in [2.05, 4.69) is 10.3 Å². The predicted molar refractivity (Wildman–Crippen MR) is 135 cm³/mol. The summed E-state index contributed by atoms with van der Waals surface area (Å²) in [7, 11) is 0. The molecular weight excluding hydrogens is 505 g/mol. The Morgan fingerprint density at radius 3 is 2.38 bits per heavy atom. The van der Waals surface area contributed by atoms with Crippen LogP contribution in [0.5, 0.6) is 5.75 Å². The number of benzene rings is 2. The summed E-state index contributed by atoms with van der Waals surface area (Å²) >= 11 is 0.962. The van der Waals surface area contributed by atoms with E-state index in [4.69, 9.17) is 26.4 Å². The van der Waals surface area contributed by atoms with E-state index >= 15 is 0 Å². The molecule has 0 saturated carbocycles. The minimum Gasteiger partial charge on any atom is -0.484 e. The standard InChI is InChI=1S/C24H26FN5O6S/c1-13(23(27)35)30(16-6-4-15(25)5-7-16)24-29-22(26)21(37-24)20(34)14-2-8-17(9-3-14)36-12-18(31)28-11-10-19(32)33/h2-9,13,19,32-33H,10-12,26H2,1H3,(H2,27,35)(H,28,31). The monoisotopic (exact) mass is 531 g/mol. The maximum absolute atomic E-state index is 13.4. The number of carbonyl (C=O) groups excluding carboxylic acids is 3. The molecule has 2 amide bonds. The maximum atomic E-state index is 13.4. The Balaban J connectivity index is 1.74. The summed E-state index contributed by atoms with van der Waals surface area (Å²) in [5, 5.41) is 20.3. The quantitative estimate of drug-likeness (QED) is 0.170. The molecule has 0 aliphatic heterocycles. The van der Waals surface area contributed by atoms with Gasteiger partial charge >= 0.3 is 0 Å². The molecule has 0 radical (unpaired) electrons. The fraction of sp³-hybridized carbons (Fsp3) is 0.250. The number of nitrogens with one attached hydrogen (secondary N) is 1. The van der Waals surface area contributed by atoms with Crippen LogP contribution < -0.4 is 26.4 Å². The Morgan fingerprint density at radius 2 is 1.78 bits per heavy atom. The molecule has 1 heterocycles. The van der Waals surface area contributed by atoms with Gasteiger partial charge in [-0.05, 0) is 55.5 Å². The Kier molecular flexibility index (Phi) is 9.11. The van der Waals surface area contributed by atoms with E-state index in [1.54, 1.807) is 6.92 Å². The molecule has 7 N–H and O–H groups in total. The first-order chi connectivity index (χ1) is 17.6. The van der Waals surface area contributed by atoms with Gasteiger partial charge in [0.25, 0.3) is 5.91 Å². The van der Waals surface area contributed by atoms with Crippen molar-refractivity contribution in [2.24, 2.45) is 5.73 Å². The third-order valence-electron chi connectivity index (χ3n) is 5.17. The number of aliphatic hydroxyl groups is 2. The zero-order valence-electron chi connectivity index (χ0n) is 19.8. The number of thiazole rings is 1. The zero-order valence-corrected chi connectivity index (χ0v) is 20.6. The smallest absolute Gasteiger partial charge is 0.257 e. The molecule has 37 heavy (non-hydrogen) atoms. The lowest BCUT2D eigenvalue weighted by molar-refractivity contribution is -0.123. The number of ether oxygens (including phenoxy) is 1. The van der Waals surface area contributed by atoms with Gasteiger partial charge in [0.1, 0.15) is 28.3 Å². The van der Waals surface area contributed by atoms with Crippen LogP contribution in [-0.4, -0.2) is 58.3 Å². The van der Waals surface area contributed by atoms with Crippen molar-refractivity contribution in [3.63, 3.8) is 0 Å². The molecule has 1 unspecified atom stereocenters. The Bertz CT molecular complexity index is 1250. The lowest BCUT2D eigenvalue weighted by Gasteiger charge is -2.26. The Labute approximate surface area is 215 Å². The third-order valence-corrected chi connectivity index (χ3v) is 6.24. The molecule has 0 fully saturated rings. The van der Waals surface area contributed by atoms with Crippen LogP contribution in [0.4, 0.5) is 21.0 Å². The van der Waals surface area contributed by atoms with E-state index in [0.29, 0.717) is 11.4 Å². The summed E-state index contributed by atoms with van der Waals surface area (Å²) in [6, 6.07) is 10.5. The number of aliphatic hydroxyl groups excluding tert-OH is 1. The van der Waals surface area contributed by atoms with Gasteiger partial charge in [0.2, 0.25) is 11.7 Å². The fourth-order valence-corrected chi connectivity index (χ4v) is 4.24. The molecule has 1 atom stereocenters. The first kappa shape index (κ1) is 27.5. The molecule has 1 aromatic heterocycles. The van der Waals surface area contributed by atoms with Crippen molar-refractivity contribution in [1.29, 1.82) is 0 Å². The van der Waals surface area contributed by atoms with Gasteiger partial charge in [-0.2, -0.15) is 0 Å². The topological polar surface area (TPSA) is 181 Å². The van der Waals surface area contributed by atoms with Crippen molar-refractivity contribution >= 4 is 45.6 Å². The van der Waals surface area contributed by atoms with E-state index in [-0.39, 0.29) is 41.0 Å². The molecule has 196 valence electrons. The average Bonchev–Trinajstić information content (AvgIpc) is 3.24. The molecule has 0 aliphatic carbocycles. The average molecular weight is 532 g/mol. The Hall–Kier alpha value is -4.07. The number of nitrogens with two attached hydrogens (primary N) is 2. The maximum Gasteiger partial charge on any atom is 0.257 e. The van der Waals surface area contributed by atoms with Crippen LogP contribution in [0.25, 0.3) is 0 Å². The first-order valence-corrected chi connectivity index (χ1v) is 11.9. The van der Waals surface area contributed by atoms with Crippen molar-refractivity contribution in [2.45, 2.75) is 25.7 Å². The Morgan fingerprint density at radius 1 is 1.14 bits per heavy atom. The molecule has 0 bridgehead atoms. The van der Waals surface area contributed by atoms with Gasteiger partial charge in [-0.25, -0.2) is 9.37 Å². The highest BCUT2D eigenvalue weighted by atomic mass is 32.1. The second-order valence-electron chi connectivity index (χ2n) is 7.90. The number of primary amides is 1. The SMILES string of the molecule is CC(C(N)=O)N(c1ccc(F)cc1)c1nc(N)c(C(=O)c2ccc(OCC(=O)NCCC(O)O)cc2)s1. The summed E-state index contributed by atoms with van der Waals surface area (Å²) < 4.78 is 18.8. The van der Waals surface area contributed by atoms with E-state index in [9.17, 15) is 18.8 Å². The second-order valence-corrected chi connectivity index (χ2v) is 8.87. The number of rotatable bonds is 12. The number of anilines is 3. The van der Waals surface area contributed by atoms with Crippen molar-refractivity contribution in [1.82, 2.24) is 10.3 Å². The molecular formula is C24H26FN5O6S. The van der Waals surface area contributed by atoms with Crippen molar-refractivity contribution < 1.29 is 33.7 Å². The minimum absolute atomic E-state index is 0.00588. The number of ketones is 1. The first-order valence-electron chi connectivity index (χ1n) is 11.1. The summed E-state index contributed by atoms with van der Waals surface area (Å²) in [4.78, 5) is 42.7. The zero-order chi connectivity index (χ0) is 27.1. The number of nitrogens with zero attached hydrogens (tertiary/aromatic N) is 2. The van der Waals surface area contributed by atoms with Gasteiger partial charge in [0.05, 0.1) is 0 Å². The highest BCUT2D eigenvalue weighted by Crippen LogP contribution is 2.36. The van der Waals surface area contributed by atoms with Gasteiger partial charge in [-0.3, -0.25) is 14.4 Å². The summed E-state index contributed by atoms with van der Waals surface area (Å²) in [5.41, 5.74) is 12.3. The van der Waals surface area contributed by atoms with Crippen LogP contribution in [0.2, 0.25) is 0 Å². The summed E-state index contributed by atoms with van der Waals surface area (Å²) in [5.74, 6) is -1.68. The lowest BCUT2D eigenvalue weighted by atomic mass is 10.1. The second kappa shape index (κ2) is 12.3. The number of nitrogen functional groups attached to an aromatic ring is 1. The van der Waals surface area contributed by atoms with Crippen LogP contribution in [0.1, 0.15) is 28.6 Å². The highest BCUT2D eigenvalue weighted by Gasteiger charge is 2.27. The molecule has 0 aliphatic rings. The number of halogens is 1. The van der Waals surface area contributed by atoms with Crippen molar-refractivity contribution in [3.8, 4) is 5.75 Å². The number of aromatic nitrogens is 1. The number of hydrogen-bond donors (Lipinski definition) is 5. The van der Waals surface area contributed by atoms with Crippen LogP contribution >= 0.6 is 11.3 Å². The predicted octanol–water partition coefficient (Wildman–Crippen LogP) is 1.30. The van der Waals surface area contributed by atoms with E-state index in [1.807, 2.05) is 0 Å². The lowest BCUT2D eigenvalue weighted by Crippen LogP contribution is -2.39. The van der Waals surface area contributed by atoms with Gasteiger partial charge in [0, 0.05) is 24.2 Å². The van der Waals surface area contributed by atoms with Gasteiger partial charge in [0.15, 0.2) is 18.0 Å². The molecule has 13 heteroatoms. The minimum atomic E-state index is -1.51. The van der Waals surface area contributed by atoms with Crippen LogP contribution in [0.3, 0.4) is 0 Å². The van der Waals surface area contributed by atoms with Crippen molar-refractivity contribution in [2.75, 3.05) is 23.8 Å². The molecule has 3 rings (SSSR count). The van der Waals surface area contributed by atoms with Gasteiger partial charge < -0.3 is 36.6 Å². The third kappa shape index (κ3) is 7.22. The van der Waals surface area contributed by atoms with E-state index < -0.39 is 35.7 Å². The summed E-state index contributed by atoms with van der Waals surface area (Å²) in [6.07, 6.45) is -1.51. The highest BCUT2D eigenvalue weighted by molar-refractivity contribution is 7.18.